The summed E-state index contributed by atoms with van der Waals surface area (Å²) < 4.78 is 0. The summed E-state index contributed by atoms with van der Waals surface area (Å²) in [5.74, 6) is 2.14. The molecule has 1 aromatic rings. The van der Waals surface area contributed by atoms with Crippen LogP contribution in [0.15, 0.2) is 10.9 Å². The molecule has 0 amide bonds. The van der Waals surface area contributed by atoms with Crippen LogP contribution in [0.4, 0.5) is 5.82 Å². The van der Waals surface area contributed by atoms with Gasteiger partial charge >= 0.3 is 0 Å². The van der Waals surface area contributed by atoms with Gasteiger partial charge in [-0.2, -0.15) is 0 Å². The van der Waals surface area contributed by atoms with Gasteiger partial charge < -0.3 is 10.3 Å². The predicted octanol–water partition coefficient (Wildman–Crippen LogP) is 1.93. The molecule has 2 atom stereocenters. The number of anilines is 1. The molecule has 0 bridgehead atoms. The van der Waals surface area contributed by atoms with Gasteiger partial charge in [0.05, 0.1) is 0 Å². The maximum absolute atomic E-state index is 11.4. The van der Waals surface area contributed by atoms with E-state index in [-0.39, 0.29) is 5.56 Å². The highest BCUT2D eigenvalue weighted by Crippen LogP contribution is 2.27. The quantitative estimate of drug-likeness (QED) is 0.820. The van der Waals surface area contributed by atoms with Crippen LogP contribution in [0, 0.1) is 5.92 Å². The first kappa shape index (κ1) is 11.2. The van der Waals surface area contributed by atoms with E-state index >= 15 is 0 Å². The molecule has 2 N–H and O–H groups in total. The zero-order valence-corrected chi connectivity index (χ0v) is 9.92. The SMILES string of the molecule is CCc1nc(NC2CCCC2C)cc(=O)[nH]1. The minimum absolute atomic E-state index is 0.0694. The zero-order valence-electron chi connectivity index (χ0n) is 9.92. The van der Waals surface area contributed by atoms with Crippen molar-refractivity contribution in [3.8, 4) is 0 Å². The molecular weight excluding hydrogens is 202 g/mol. The van der Waals surface area contributed by atoms with Gasteiger partial charge in [-0.15, -0.1) is 0 Å². The number of aromatic amines is 1. The lowest BCUT2D eigenvalue weighted by atomic mass is 10.1. The van der Waals surface area contributed by atoms with Crippen molar-refractivity contribution in [3.05, 3.63) is 22.2 Å². The van der Waals surface area contributed by atoms with Gasteiger partial charge in [-0.3, -0.25) is 4.79 Å². The van der Waals surface area contributed by atoms with Crippen LogP contribution in [-0.2, 0) is 6.42 Å². The number of aromatic nitrogens is 2. The average molecular weight is 221 g/mol. The van der Waals surface area contributed by atoms with Gasteiger partial charge in [0.25, 0.3) is 5.56 Å². The molecule has 1 aliphatic rings. The van der Waals surface area contributed by atoms with E-state index in [1.165, 1.54) is 19.3 Å². The lowest BCUT2D eigenvalue weighted by Gasteiger charge is -2.17. The van der Waals surface area contributed by atoms with E-state index in [2.05, 4.69) is 22.2 Å². The highest BCUT2D eigenvalue weighted by molar-refractivity contribution is 5.34. The van der Waals surface area contributed by atoms with Crippen molar-refractivity contribution in [1.29, 1.82) is 0 Å². The fraction of sp³-hybridized carbons (Fsp3) is 0.667. The summed E-state index contributed by atoms with van der Waals surface area (Å²) in [7, 11) is 0. The largest absolute Gasteiger partial charge is 0.367 e. The van der Waals surface area contributed by atoms with E-state index in [0.29, 0.717) is 12.0 Å². The Morgan fingerprint density at radius 1 is 1.56 bits per heavy atom. The van der Waals surface area contributed by atoms with E-state index in [4.69, 9.17) is 0 Å². The minimum Gasteiger partial charge on any atom is -0.367 e. The summed E-state index contributed by atoms with van der Waals surface area (Å²) >= 11 is 0. The standard InChI is InChI=1S/C12H19N3O/c1-3-10-14-11(7-12(16)15-10)13-9-6-4-5-8(9)2/h7-9H,3-6H2,1-2H3,(H2,13,14,15,16). The van der Waals surface area contributed by atoms with Crippen LogP contribution >= 0.6 is 0 Å². The molecule has 0 aliphatic heterocycles. The molecule has 0 saturated heterocycles. The molecular formula is C12H19N3O. The molecule has 0 aromatic carbocycles. The predicted molar refractivity (Wildman–Crippen MR) is 64.7 cm³/mol. The maximum Gasteiger partial charge on any atom is 0.252 e. The summed E-state index contributed by atoms with van der Waals surface area (Å²) in [5.41, 5.74) is -0.0694. The van der Waals surface area contributed by atoms with Crippen LogP contribution in [0.25, 0.3) is 0 Å². The van der Waals surface area contributed by atoms with Crippen molar-refractivity contribution in [3.63, 3.8) is 0 Å². The zero-order chi connectivity index (χ0) is 11.5. The van der Waals surface area contributed by atoms with E-state index in [9.17, 15) is 4.79 Å². The van der Waals surface area contributed by atoms with Crippen LogP contribution in [0.3, 0.4) is 0 Å². The van der Waals surface area contributed by atoms with Crippen LogP contribution < -0.4 is 10.9 Å². The average Bonchev–Trinajstić information content (AvgIpc) is 2.63. The normalized spacial score (nSPS) is 24.6. The molecule has 2 unspecified atom stereocenters. The third kappa shape index (κ3) is 2.43. The van der Waals surface area contributed by atoms with Crippen molar-refractivity contribution in [2.45, 2.75) is 45.6 Å². The molecule has 1 aliphatic carbocycles. The third-order valence-electron chi connectivity index (χ3n) is 3.32. The Bertz CT molecular complexity index is 413. The Kier molecular flexibility index (Phi) is 3.27. The Balaban J connectivity index is 2.14. The van der Waals surface area contributed by atoms with Gasteiger partial charge in [-0.05, 0) is 18.8 Å². The molecule has 1 aromatic heterocycles. The van der Waals surface area contributed by atoms with Crippen LogP contribution in [0.2, 0.25) is 0 Å². The van der Waals surface area contributed by atoms with E-state index < -0.39 is 0 Å². The smallest absolute Gasteiger partial charge is 0.252 e. The highest BCUT2D eigenvalue weighted by Gasteiger charge is 2.23. The first-order valence-corrected chi connectivity index (χ1v) is 6.06. The number of hydrogen-bond acceptors (Lipinski definition) is 3. The number of H-pyrrole nitrogens is 1. The summed E-state index contributed by atoms with van der Waals surface area (Å²) in [6.45, 7) is 4.23. The van der Waals surface area contributed by atoms with E-state index in [0.717, 1.165) is 18.1 Å². The van der Waals surface area contributed by atoms with Crippen molar-refractivity contribution in [2.24, 2.45) is 5.92 Å². The van der Waals surface area contributed by atoms with Gasteiger partial charge in [0.2, 0.25) is 0 Å². The minimum atomic E-state index is -0.0694. The molecule has 4 heteroatoms. The molecule has 1 heterocycles. The van der Waals surface area contributed by atoms with E-state index in [1.54, 1.807) is 6.07 Å². The maximum atomic E-state index is 11.4. The number of nitrogens with one attached hydrogen (secondary N) is 2. The van der Waals surface area contributed by atoms with Gasteiger partial charge in [-0.25, -0.2) is 4.98 Å². The molecule has 88 valence electrons. The van der Waals surface area contributed by atoms with Gasteiger partial charge in [0.1, 0.15) is 11.6 Å². The Hall–Kier alpha value is -1.32. The van der Waals surface area contributed by atoms with Crippen LogP contribution in [0.5, 0.6) is 0 Å². The third-order valence-corrected chi connectivity index (χ3v) is 3.32. The van der Waals surface area contributed by atoms with Crippen molar-refractivity contribution < 1.29 is 0 Å². The van der Waals surface area contributed by atoms with Gasteiger partial charge in [0.15, 0.2) is 0 Å². The summed E-state index contributed by atoms with van der Waals surface area (Å²) in [6.07, 6.45) is 4.46. The topological polar surface area (TPSA) is 57.8 Å². The van der Waals surface area contributed by atoms with Gasteiger partial charge in [0, 0.05) is 18.5 Å². The Morgan fingerprint density at radius 3 is 3.00 bits per heavy atom. The molecule has 16 heavy (non-hydrogen) atoms. The molecule has 1 saturated carbocycles. The molecule has 0 spiro atoms. The fourth-order valence-corrected chi connectivity index (χ4v) is 2.30. The second-order valence-corrected chi connectivity index (χ2v) is 4.59. The lowest BCUT2D eigenvalue weighted by Crippen LogP contribution is -2.24. The van der Waals surface area contributed by atoms with Crippen molar-refractivity contribution in [2.75, 3.05) is 5.32 Å². The molecule has 1 fully saturated rings. The summed E-state index contributed by atoms with van der Waals surface area (Å²) in [5, 5.41) is 3.38. The fourth-order valence-electron chi connectivity index (χ4n) is 2.30. The van der Waals surface area contributed by atoms with Crippen LogP contribution in [-0.4, -0.2) is 16.0 Å². The Labute approximate surface area is 95.5 Å². The Morgan fingerprint density at radius 2 is 2.38 bits per heavy atom. The monoisotopic (exact) mass is 221 g/mol. The lowest BCUT2D eigenvalue weighted by molar-refractivity contribution is 0.554. The second kappa shape index (κ2) is 4.68. The number of hydrogen-bond donors (Lipinski definition) is 2. The first-order valence-electron chi connectivity index (χ1n) is 6.06. The first-order chi connectivity index (χ1) is 7.69. The number of rotatable bonds is 3. The molecule has 2 rings (SSSR count). The van der Waals surface area contributed by atoms with E-state index in [1.807, 2.05) is 6.92 Å². The second-order valence-electron chi connectivity index (χ2n) is 4.59. The van der Waals surface area contributed by atoms with Crippen molar-refractivity contribution >= 4 is 5.82 Å². The number of aryl methyl sites for hydroxylation is 1. The molecule has 0 radical (unpaired) electrons. The van der Waals surface area contributed by atoms with Crippen molar-refractivity contribution in [1.82, 2.24) is 9.97 Å². The number of nitrogens with zero attached hydrogens (tertiary/aromatic N) is 1. The van der Waals surface area contributed by atoms with Gasteiger partial charge in [-0.1, -0.05) is 20.3 Å². The summed E-state index contributed by atoms with van der Waals surface area (Å²) in [4.78, 5) is 18.5. The summed E-state index contributed by atoms with van der Waals surface area (Å²) in [6, 6.07) is 2.02. The highest BCUT2D eigenvalue weighted by atomic mass is 16.1. The molecule has 4 nitrogen and oxygen atoms in total. The van der Waals surface area contributed by atoms with Crippen LogP contribution in [0.1, 0.15) is 38.9 Å².